The molecule has 1 saturated heterocycles. The molecule has 2 heterocycles. The number of methoxy groups -OCH3 is 2. The normalized spacial score (nSPS) is 29.8. The summed E-state index contributed by atoms with van der Waals surface area (Å²) in [5.41, 5.74) is 1.46. The molecule has 3 rings (SSSR count). The molecule has 24 heavy (non-hydrogen) atoms. The predicted molar refractivity (Wildman–Crippen MR) is 91.1 cm³/mol. The lowest BCUT2D eigenvalue weighted by Gasteiger charge is -2.43. The zero-order valence-corrected chi connectivity index (χ0v) is 15.2. The first-order valence-electron chi connectivity index (χ1n) is 8.97. The van der Waals surface area contributed by atoms with Crippen LogP contribution in [-0.4, -0.2) is 59.1 Å². The molecule has 0 bridgehead atoms. The molecular formula is C18H29N3O3. The Morgan fingerprint density at radius 2 is 2.21 bits per heavy atom. The van der Waals surface area contributed by atoms with Crippen LogP contribution in [0, 0.1) is 6.92 Å². The van der Waals surface area contributed by atoms with E-state index in [2.05, 4.69) is 12.0 Å². The second-order valence-electron chi connectivity index (χ2n) is 7.03. The fourth-order valence-corrected chi connectivity index (χ4v) is 4.37. The highest BCUT2D eigenvalue weighted by molar-refractivity contribution is 5.95. The van der Waals surface area contributed by atoms with Crippen molar-refractivity contribution in [2.45, 2.75) is 70.2 Å². The molecule has 2 fully saturated rings. The van der Waals surface area contributed by atoms with Gasteiger partial charge >= 0.3 is 0 Å². The van der Waals surface area contributed by atoms with Crippen molar-refractivity contribution in [1.82, 2.24) is 14.7 Å². The van der Waals surface area contributed by atoms with E-state index in [-0.39, 0.29) is 23.7 Å². The van der Waals surface area contributed by atoms with Gasteiger partial charge in [-0.3, -0.25) is 9.48 Å². The Bertz CT molecular complexity index is 600. The van der Waals surface area contributed by atoms with Crippen LogP contribution in [0.25, 0.3) is 0 Å². The number of likely N-dealkylation sites (tertiary alicyclic amines) is 1. The molecule has 0 aromatic carbocycles. The molecule has 0 unspecified atom stereocenters. The molecule has 134 valence electrons. The quantitative estimate of drug-likeness (QED) is 0.829. The van der Waals surface area contributed by atoms with Gasteiger partial charge in [-0.15, -0.1) is 0 Å². The number of rotatable bonds is 5. The Labute approximate surface area is 144 Å². The molecule has 6 heteroatoms. The maximum Gasteiger partial charge on any atom is 0.257 e. The lowest BCUT2D eigenvalue weighted by atomic mass is 9.79. The summed E-state index contributed by atoms with van der Waals surface area (Å²) in [6.45, 7) is 5.68. The second-order valence-corrected chi connectivity index (χ2v) is 7.03. The summed E-state index contributed by atoms with van der Waals surface area (Å²) in [5.74, 6) is 0.0792. The minimum atomic E-state index is -0.210. The summed E-state index contributed by atoms with van der Waals surface area (Å²) in [6, 6.07) is 0.0858. The number of aromatic nitrogens is 2. The first-order valence-corrected chi connectivity index (χ1v) is 8.97. The number of aryl methyl sites for hydroxylation is 1. The van der Waals surface area contributed by atoms with E-state index in [0.717, 1.165) is 56.5 Å². The van der Waals surface area contributed by atoms with Crippen LogP contribution in [0.2, 0.25) is 0 Å². The van der Waals surface area contributed by atoms with Gasteiger partial charge in [0.25, 0.3) is 5.91 Å². The monoisotopic (exact) mass is 335 g/mol. The number of hydrogen-bond acceptors (Lipinski definition) is 4. The van der Waals surface area contributed by atoms with Crippen LogP contribution in [0.5, 0.6) is 0 Å². The molecule has 1 amide bonds. The number of hydrogen-bond donors (Lipinski definition) is 0. The van der Waals surface area contributed by atoms with Crippen molar-refractivity contribution < 1.29 is 14.3 Å². The number of nitrogens with zero attached hydrogens (tertiary/aromatic N) is 3. The summed E-state index contributed by atoms with van der Waals surface area (Å²) >= 11 is 0. The van der Waals surface area contributed by atoms with E-state index >= 15 is 0 Å². The SMILES string of the molecule is CCCn1ncc(C(=O)N2CC[C@]3(OC)CC[C@H](OC)C[C@H]23)c1C. The van der Waals surface area contributed by atoms with Gasteiger partial charge in [-0.1, -0.05) is 6.92 Å². The molecule has 1 saturated carbocycles. The van der Waals surface area contributed by atoms with Crippen LogP contribution in [0.1, 0.15) is 55.1 Å². The third-order valence-electron chi connectivity index (χ3n) is 5.90. The number of carbonyl (C=O) groups excluding carboxylic acids is 1. The number of fused-ring (bicyclic) bond motifs is 1. The maximum atomic E-state index is 13.2. The Morgan fingerprint density at radius 1 is 1.42 bits per heavy atom. The van der Waals surface area contributed by atoms with Gasteiger partial charge in [-0.25, -0.2) is 0 Å². The van der Waals surface area contributed by atoms with Gasteiger partial charge in [0, 0.05) is 33.0 Å². The van der Waals surface area contributed by atoms with Crippen molar-refractivity contribution in [1.29, 1.82) is 0 Å². The fraction of sp³-hybridized carbons (Fsp3) is 0.778. The van der Waals surface area contributed by atoms with Crippen molar-refractivity contribution in [2.24, 2.45) is 0 Å². The Kier molecular flexibility index (Phi) is 4.97. The van der Waals surface area contributed by atoms with Gasteiger partial charge in [0.15, 0.2) is 0 Å². The molecule has 1 aromatic heterocycles. The lowest BCUT2D eigenvalue weighted by molar-refractivity contribution is -0.0893. The second kappa shape index (κ2) is 6.84. The molecule has 1 aliphatic heterocycles. The minimum Gasteiger partial charge on any atom is -0.381 e. The van der Waals surface area contributed by atoms with Crippen molar-refractivity contribution in [3.63, 3.8) is 0 Å². The van der Waals surface area contributed by atoms with Crippen LogP contribution in [0.3, 0.4) is 0 Å². The number of ether oxygens (including phenoxy) is 2. The largest absolute Gasteiger partial charge is 0.381 e. The Morgan fingerprint density at radius 3 is 2.88 bits per heavy atom. The molecule has 0 N–H and O–H groups in total. The fourth-order valence-electron chi connectivity index (χ4n) is 4.37. The van der Waals surface area contributed by atoms with E-state index in [1.54, 1.807) is 20.4 Å². The summed E-state index contributed by atoms with van der Waals surface area (Å²) in [5, 5.41) is 4.38. The molecule has 2 aliphatic rings. The molecule has 0 spiro atoms. The van der Waals surface area contributed by atoms with E-state index < -0.39 is 0 Å². The minimum absolute atomic E-state index is 0.0792. The predicted octanol–water partition coefficient (Wildman–Crippen LogP) is 2.40. The number of amides is 1. The van der Waals surface area contributed by atoms with E-state index in [1.165, 1.54) is 0 Å². The average molecular weight is 335 g/mol. The van der Waals surface area contributed by atoms with Crippen LogP contribution >= 0.6 is 0 Å². The maximum absolute atomic E-state index is 13.2. The molecular weight excluding hydrogens is 306 g/mol. The zero-order valence-electron chi connectivity index (χ0n) is 15.2. The topological polar surface area (TPSA) is 56.6 Å². The van der Waals surface area contributed by atoms with Crippen LogP contribution < -0.4 is 0 Å². The Balaban J connectivity index is 1.84. The summed E-state index contributed by atoms with van der Waals surface area (Å²) in [6.07, 6.45) is 6.62. The highest BCUT2D eigenvalue weighted by atomic mass is 16.5. The van der Waals surface area contributed by atoms with Crippen molar-refractivity contribution in [2.75, 3.05) is 20.8 Å². The summed E-state index contributed by atoms with van der Waals surface area (Å²) in [7, 11) is 3.53. The molecule has 6 nitrogen and oxygen atoms in total. The Hall–Kier alpha value is -1.40. The van der Waals surface area contributed by atoms with Crippen molar-refractivity contribution >= 4 is 5.91 Å². The van der Waals surface area contributed by atoms with Gasteiger partial charge < -0.3 is 14.4 Å². The highest BCUT2D eigenvalue weighted by Gasteiger charge is 2.52. The summed E-state index contributed by atoms with van der Waals surface area (Å²) < 4.78 is 13.4. The van der Waals surface area contributed by atoms with Gasteiger partial charge in [0.05, 0.1) is 29.5 Å². The van der Waals surface area contributed by atoms with Gasteiger partial charge in [0.1, 0.15) is 0 Å². The van der Waals surface area contributed by atoms with Gasteiger partial charge in [-0.05, 0) is 39.0 Å². The number of carbonyl (C=O) groups is 1. The van der Waals surface area contributed by atoms with E-state index in [4.69, 9.17) is 9.47 Å². The third kappa shape index (κ3) is 2.75. The standard InChI is InChI=1S/C18H29N3O3/c1-5-9-21-13(2)15(12-19-21)17(22)20-10-8-18(24-4)7-6-14(23-3)11-16(18)20/h12,14,16H,5-11H2,1-4H3/t14-,16-,18+/m0/s1. The first kappa shape index (κ1) is 17.4. The van der Waals surface area contributed by atoms with E-state index in [9.17, 15) is 4.79 Å². The lowest BCUT2D eigenvalue weighted by Crippen LogP contribution is -2.53. The van der Waals surface area contributed by atoms with E-state index in [0.29, 0.717) is 0 Å². The van der Waals surface area contributed by atoms with Crippen LogP contribution in [-0.2, 0) is 16.0 Å². The molecule has 0 radical (unpaired) electrons. The molecule has 1 aromatic rings. The van der Waals surface area contributed by atoms with Gasteiger partial charge in [0.2, 0.25) is 0 Å². The zero-order chi connectivity index (χ0) is 17.3. The van der Waals surface area contributed by atoms with Gasteiger partial charge in [-0.2, -0.15) is 5.10 Å². The van der Waals surface area contributed by atoms with Crippen LogP contribution in [0.4, 0.5) is 0 Å². The smallest absolute Gasteiger partial charge is 0.257 e. The van der Waals surface area contributed by atoms with Crippen molar-refractivity contribution in [3.8, 4) is 0 Å². The van der Waals surface area contributed by atoms with Crippen molar-refractivity contribution in [3.05, 3.63) is 17.5 Å². The van der Waals surface area contributed by atoms with Crippen LogP contribution in [0.15, 0.2) is 6.20 Å². The summed E-state index contributed by atoms with van der Waals surface area (Å²) in [4.78, 5) is 15.2. The van der Waals surface area contributed by atoms with E-state index in [1.807, 2.05) is 16.5 Å². The highest BCUT2D eigenvalue weighted by Crippen LogP contribution is 2.43. The average Bonchev–Trinajstić information content (AvgIpc) is 3.16. The molecule has 1 aliphatic carbocycles. The first-order chi connectivity index (χ1) is 11.6. The molecule has 3 atom stereocenters. The third-order valence-corrected chi connectivity index (χ3v) is 5.90.